The fourth-order valence-electron chi connectivity index (χ4n) is 2.86. The number of para-hydroxylation sites is 1. The topological polar surface area (TPSA) is 58.1 Å². The zero-order valence-electron chi connectivity index (χ0n) is 13.8. The van der Waals surface area contributed by atoms with Crippen molar-refractivity contribution in [3.05, 3.63) is 47.8 Å². The molecular weight excluding hydrogens is 288 g/mol. The van der Waals surface area contributed by atoms with E-state index in [-0.39, 0.29) is 18.0 Å². The maximum absolute atomic E-state index is 12.3. The summed E-state index contributed by atoms with van der Waals surface area (Å²) in [6, 6.07) is 10.3. The second kappa shape index (κ2) is 6.36. The first-order valence-electron chi connectivity index (χ1n) is 8.11. The molecule has 23 heavy (non-hydrogen) atoms. The zero-order valence-corrected chi connectivity index (χ0v) is 13.8. The molecule has 0 aliphatic carbocycles. The molecule has 1 aliphatic rings. The number of fused-ring (bicyclic) bond motifs is 1. The second-order valence-corrected chi connectivity index (χ2v) is 6.08. The molecule has 1 aliphatic heterocycles. The number of nitrogens with zero attached hydrogens (tertiary/aromatic N) is 3. The van der Waals surface area contributed by atoms with Crippen molar-refractivity contribution in [2.24, 2.45) is 0 Å². The average molecular weight is 310 g/mol. The Morgan fingerprint density at radius 3 is 2.96 bits per heavy atom. The van der Waals surface area contributed by atoms with E-state index in [2.05, 4.69) is 39.2 Å². The highest BCUT2D eigenvalue weighted by atomic mass is 16.1. The van der Waals surface area contributed by atoms with E-state index in [1.54, 1.807) is 12.3 Å². The Morgan fingerprint density at radius 2 is 2.17 bits per heavy atom. The smallest absolute Gasteiger partial charge is 0.270 e. The first-order valence-corrected chi connectivity index (χ1v) is 8.11. The van der Waals surface area contributed by atoms with Crippen LogP contribution in [0.2, 0.25) is 0 Å². The zero-order chi connectivity index (χ0) is 16.4. The molecule has 0 saturated carbocycles. The van der Waals surface area contributed by atoms with Crippen LogP contribution in [0.15, 0.2) is 36.5 Å². The van der Waals surface area contributed by atoms with Gasteiger partial charge in [-0.05, 0) is 44.4 Å². The van der Waals surface area contributed by atoms with Gasteiger partial charge in [0.1, 0.15) is 5.69 Å². The summed E-state index contributed by atoms with van der Waals surface area (Å²) in [6.45, 7) is 6.17. The number of aromatic nitrogens is 2. The average Bonchev–Trinajstić information content (AvgIpc) is 2.90. The molecule has 0 fully saturated rings. The van der Waals surface area contributed by atoms with Crippen LogP contribution >= 0.6 is 0 Å². The second-order valence-electron chi connectivity index (χ2n) is 6.08. The first-order chi connectivity index (χ1) is 11.1. The Morgan fingerprint density at radius 1 is 1.39 bits per heavy atom. The van der Waals surface area contributed by atoms with Gasteiger partial charge in [-0.3, -0.25) is 4.79 Å². The van der Waals surface area contributed by atoms with Gasteiger partial charge in [0.2, 0.25) is 5.95 Å². The lowest BCUT2D eigenvalue weighted by atomic mass is 10.1. The van der Waals surface area contributed by atoms with Crippen LogP contribution in [0.4, 0.5) is 11.6 Å². The lowest BCUT2D eigenvalue weighted by Crippen LogP contribution is -2.33. The summed E-state index contributed by atoms with van der Waals surface area (Å²) in [5, 5.41) is 2.95. The molecule has 1 aromatic carbocycles. The Kier molecular flexibility index (Phi) is 4.28. The number of hydrogen-bond acceptors (Lipinski definition) is 4. The van der Waals surface area contributed by atoms with E-state index >= 15 is 0 Å². The molecule has 1 amide bonds. The maximum atomic E-state index is 12.3. The van der Waals surface area contributed by atoms with Gasteiger partial charge in [-0.1, -0.05) is 25.1 Å². The number of carbonyl (C=O) groups excluding carboxylic acids is 1. The van der Waals surface area contributed by atoms with Gasteiger partial charge in [0, 0.05) is 24.0 Å². The minimum Gasteiger partial charge on any atom is -0.348 e. The molecule has 5 heteroatoms. The van der Waals surface area contributed by atoms with E-state index in [1.807, 2.05) is 26.0 Å². The van der Waals surface area contributed by atoms with E-state index in [1.165, 1.54) is 5.56 Å². The van der Waals surface area contributed by atoms with Crippen LogP contribution in [0.1, 0.15) is 43.2 Å². The van der Waals surface area contributed by atoms with E-state index < -0.39 is 0 Å². The van der Waals surface area contributed by atoms with E-state index in [9.17, 15) is 4.79 Å². The largest absolute Gasteiger partial charge is 0.348 e. The third-order valence-electron chi connectivity index (χ3n) is 4.29. The molecule has 1 aromatic heterocycles. The summed E-state index contributed by atoms with van der Waals surface area (Å²) in [5.74, 6) is 0.433. The Balaban J connectivity index is 1.90. The Bertz CT molecular complexity index is 716. The summed E-state index contributed by atoms with van der Waals surface area (Å²) in [6.07, 6.45) is 3.50. The molecular formula is C18H22N4O. The lowest BCUT2D eigenvalue weighted by Gasteiger charge is -2.22. The van der Waals surface area contributed by atoms with Crippen LogP contribution < -0.4 is 10.2 Å². The quantitative estimate of drug-likeness (QED) is 0.943. The molecule has 2 unspecified atom stereocenters. The minimum atomic E-state index is -0.150. The van der Waals surface area contributed by atoms with Crippen LogP contribution in [-0.4, -0.2) is 28.0 Å². The normalized spacial score (nSPS) is 17.7. The van der Waals surface area contributed by atoms with Crippen LogP contribution in [-0.2, 0) is 6.42 Å². The monoisotopic (exact) mass is 310 g/mol. The molecule has 2 heterocycles. The fraction of sp³-hybridized carbons (Fsp3) is 0.389. The van der Waals surface area contributed by atoms with Gasteiger partial charge in [0.15, 0.2) is 0 Å². The predicted octanol–water partition coefficient (Wildman–Crippen LogP) is 3.09. The molecule has 2 atom stereocenters. The van der Waals surface area contributed by atoms with E-state index in [0.717, 1.165) is 18.5 Å². The molecule has 3 rings (SSSR count). The third kappa shape index (κ3) is 3.04. The standard InChI is InChI=1S/C18H22N4O/c1-4-12(2)20-17(23)15-9-10-19-18(21-15)22-13(3)11-14-7-5-6-8-16(14)22/h5-10,12-13H,4,11H2,1-3H3,(H,20,23). The van der Waals surface area contributed by atoms with Crippen LogP contribution in [0.5, 0.6) is 0 Å². The van der Waals surface area contributed by atoms with Crippen molar-refractivity contribution in [3.8, 4) is 0 Å². The molecule has 2 aromatic rings. The summed E-state index contributed by atoms with van der Waals surface area (Å²) < 4.78 is 0. The number of benzene rings is 1. The Labute approximate surface area is 136 Å². The molecule has 120 valence electrons. The van der Waals surface area contributed by atoms with Crippen molar-refractivity contribution in [2.75, 3.05) is 4.90 Å². The predicted molar refractivity (Wildman–Crippen MR) is 91.0 cm³/mol. The SMILES string of the molecule is CCC(C)NC(=O)c1ccnc(N2c3ccccc3CC2C)n1. The Hall–Kier alpha value is -2.43. The lowest BCUT2D eigenvalue weighted by molar-refractivity contribution is 0.0934. The van der Waals surface area contributed by atoms with Gasteiger partial charge in [-0.15, -0.1) is 0 Å². The highest BCUT2D eigenvalue weighted by molar-refractivity contribution is 5.92. The molecule has 0 spiro atoms. The summed E-state index contributed by atoms with van der Waals surface area (Å²) in [5.41, 5.74) is 2.82. The third-order valence-corrected chi connectivity index (χ3v) is 4.29. The van der Waals surface area contributed by atoms with Gasteiger partial charge >= 0.3 is 0 Å². The molecule has 1 N–H and O–H groups in total. The van der Waals surface area contributed by atoms with Gasteiger partial charge in [0.05, 0.1) is 0 Å². The fourth-order valence-corrected chi connectivity index (χ4v) is 2.86. The van der Waals surface area contributed by atoms with Gasteiger partial charge in [-0.2, -0.15) is 0 Å². The molecule has 0 saturated heterocycles. The van der Waals surface area contributed by atoms with Crippen LogP contribution in [0.25, 0.3) is 0 Å². The van der Waals surface area contributed by atoms with Crippen molar-refractivity contribution < 1.29 is 4.79 Å². The van der Waals surface area contributed by atoms with Crippen molar-refractivity contribution in [1.82, 2.24) is 15.3 Å². The molecule has 0 bridgehead atoms. The summed E-state index contributed by atoms with van der Waals surface area (Å²) in [7, 11) is 0. The number of carbonyl (C=O) groups is 1. The van der Waals surface area contributed by atoms with E-state index in [4.69, 9.17) is 0 Å². The number of amides is 1. The number of anilines is 2. The van der Waals surface area contributed by atoms with Crippen molar-refractivity contribution in [2.45, 2.75) is 45.7 Å². The van der Waals surface area contributed by atoms with Gasteiger partial charge in [0.25, 0.3) is 5.91 Å². The minimum absolute atomic E-state index is 0.132. The highest BCUT2D eigenvalue weighted by Gasteiger charge is 2.29. The summed E-state index contributed by atoms with van der Waals surface area (Å²) in [4.78, 5) is 23.3. The van der Waals surface area contributed by atoms with Gasteiger partial charge < -0.3 is 10.2 Å². The van der Waals surface area contributed by atoms with Crippen molar-refractivity contribution in [1.29, 1.82) is 0 Å². The van der Waals surface area contributed by atoms with Crippen LogP contribution in [0.3, 0.4) is 0 Å². The maximum Gasteiger partial charge on any atom is 0.270 e. The van der Waals surface area contributed by atoms with Gasteiger partial charge in [-0.25, -0.2) is 9.97 Å². The van der Waals surface area contributed by atoms with Crippen LogP contribution in [0, 0.1) is 0 Å². The van der Waals surface area contributed by atoms with E-state index in [0.29, 0.717) is 11.6 Å². The first kappa shape index (κ1) is 15.5. The number of hydrogen-bond donors (Lipinski definition) is 1. The number of nitrogens with one attached hydrogen (secondary N) is 1. The molecule has 5 nitrogen and oxygen atoms in total. The van der Waals surface area contributed by atoms with Crippen molar-refractivity contribution >= 4 is 17.5 Å². The number of rotatable bonds is 4. The highest BCUT2D eigenvalue weighted by Crippen LogP contribution is 2.36. The summed E-state index contributed by atoms with van der Waals surface area (Å²) >= 11 is 0. The molecule has 0 radical (unpaired) electrons. The van der Waals surface area contributed by atoms with Crippen molar-refractivity contribution in [3.63, 3.8) is 0 Å².